The molecule has 0 unspecified atom stereocenters. The Morgan fingerprint density at radius 1 is 1.29 bits per heavy atom. The van der Waals surface area contributed by atoms with Crippen LogP contribution in [0.15, 0.2) is 47.8 Å². The zero-order valence-electron chi connectivity index (χ0n) is 13.7. The normalized spacial score (nSPS) is 10.6. The van der Waals surface area contributed by atoms with E-state index < -0.39 is 0 Å². The lowest BCUT2D eigenvalue weighted by Gasteiger charge is -2.08. The van der Waals surface area contributed by atoms with Gasteiger partial charge in [-0.1, -0.05) is 24.3 Å². The number of benzene rings is 1. The number of carbonyl (C=O) groups excluding carboxylic acids is 1. The fourth-order valence-electron chi connectivity index (χ4n) is 2.37. The Bertz CT molecular complexity index is 825. The first-order valence-corrected chi connectivity index (χ1v) is 8.53. The second kappa shape index (κ2) is 7.31. The first-order chi connectivity index (χ1) is 11.6. The molecule has 3 rings (SSSR count). The molecule has 0 radical (unpaired) electrons. The van der Waals surface area contributed by atoms with Crippen molar-refractivity contribution in [1.82, 2.24) is 15.1 Å². The molecule has 0 saturated heterocycles. The predicted molar refractivity (Wildman–Crippen MR) is 95.0 cm³/mol. The van der Waals surface area contributed by atoms with E-state index in [-0.39, 0.29) is 12.5 Å². The van der Waals surface area contributed by atoms with Crippen LogP contribution in [0.2, 0.25) is 0 Å². The molecule has 0 saturated carbocycles. The number of hydrogen-bond donors (Lipinski definition) is 1. The van der Waals surface area contributed by atoms with E-state index in [9.17, 15) is 4.79 Å². The standard InChI is InChI=1S/C18H19N3O2S/c1-13-6-3-4-7-16(13)23-12-18(22)19-11-14-10-15(21(2)20-14)17-8-5-9-24-17/h3-10H,11-12H2,1-2H3,(H,19,22). The van der Waals surface area contributed by atoms with Crippen molar-refractivity contribution in [1.29, 1.82) is 0 Å². The van der Waals surface area contributed by atoms with Crippen molar-refractivity contribution in [2.75, 3.05) is 6.61 Å². The summed E-state index contributed by atoms with van der Waals surface area (Å²) < 4.78 is 7.37. The van der Waals surface area contributed by atoms with Crippen molar-refractivity contribution >= 4 is 17.2 Å². The van der Waals surface area contributed by atoms with Gasteiger partial charge in [-0.2, -0.15) is 5.10 Å². The summed E-state index contributed by atoms with van der Waals surface area (Å²) in [7, 11) is 1.90. The van der Waals surface area contributed by atoms with Gasteiger partial charge in [-0.05, 0) is 36.1 Å². The fraction of sp³-hybridized carbons (Fsp3) is 0.222. The minimum absolute atomic E-state index is 0.00450. The first kappa shape index (κ1) is 16.3. The Labute approximate surface area is 144 Å². The molecule has 0 aliphatic heterocycles. The molecule has 0 aliphatic rings. The summed E-state index contributed by atoms with van der Waals surface area (Å²) in [5.41, 5.74) is 2.88. The molecule has 0 bridgehead atoms. The van der Waals surface area contributed by atoms with Crippen molar-refractivity contribution in [3.8, 4) is 16.3 Å². The maximum atomic E-state index is 12.0. The molecular formula is C18H19N3O2S. The van der Waals surface area contributed by atoms with Gasteiger partial charge in [0.2, 0.25) is 0 Å². The number of para-hydroxylation sites is 1. The van der Waals surface area contributed by atoms with Gasteiger partial charge in [0.05, 0.1) is 22.8 Å². The molecule has 1 amide bonds. The van der Waals surface area contributed by atoms with E-state index >= 15 is 0 Å². The van der Waals surface area contributed by atoms with Crippen molar-refractivity contribution in [3.05, 3.63) is 59.1 Å². The average Bonchev–Trinajstić information content (AvgIpc) is 3.21. The summed E-state index contributed by atoms with van der Waals surface area (Å²) in [6.07, 6.45) is 0. The molecule has 2 aromatic heterocycles. The number of aryl methyl sites for hydroxylation is 2. The number of rotatable bonds is 6. The maximum absolute atomic E-state index is 12.0. The van der Waals surface area contributed by atoms with Crippen LogP contribution in [0.3, 0.4) is 0 Å². The van der Waals surface area contributed by atoms with Crippen LogP contribution in [0, 0.1) is 6.92 Å². The third-order valence-electron chi connectivity index (χ3n) is 3.62. The van der Waals surface area contributed by atoms with E-state index in [1.54, 1.807) is 11.3 Å². The summed E-state index contributed by atoms with van der Waals surface area (Å²) in [5, 5.41) is 9.31. The zero-order chi connectivity index (χ0) is 16.9. The zero-order valence-corrected chi connectivity index (χ0v) is 14.5. The third kappa shape index (κ3) is 3.83. The molecule has 24 heavy (non-hydrogen) atoms. The molecule has 6 heteroatoms. The molecule has 3 aromatic rings. The molecule has 5 nitrogen and oxygen atoms in total. The van der Waals surface area contributed by atoms with E-state index in [0.717, 1.165) is 27.6 Å². The lowest BCUT2D eigenvalue weighted by atomic mass is 10.2. The molecule has 124 valence electrons. The van der Waals surface area contributed by atoms with Crippen LogP contribution in [-0.4, -0.2) is 22.3 Å². The van der Waals surface area contributed by atoms with E-state index in [0.29, 0.717) is 6.54 Å². The molecular weight excluding hydrogens is 322 g/mol. The highest BCUT2D eigenvalue weighted by Gasteiger charge is 2.10. The van der Waals surface area contributed by atoms with Crippen LogP contribution in [0.5, 0.6) is 5.75 Å². The Hall–Kier alpha value is -2.60. The van der Waals surface area contributed by atoms with Crippen LogP contribution < -0.4 is 10.1 Å². The SMILES string of the molecule is Cc1ccccc1OCC(=O)NCc1cc(-c2cccs2)n(C)n1. The summed E-state index contributed by atoms with van der Waals surface area (Å²) in [6.45, 7) is 2.33. The van der Waals surface area contributed by atoms with Gasteiger partial charge in [-0.3, -0.25) is 9.48 Å². The van der Waals surface area contributed by atoms with Gasteiger partial charge in [-0.15, -0.1) is 11.3 Å². The van der Waals surface area contributed by atoms with Crippen LogP contribution >= 0.6 is 11.3 Å². The van der Waals surface area contributed by atoms with Crippen LogP contribution in [0.1, 0.15) is 11.3 Å². The monoisotopic (exact) mass is 341 g/mol. The van der Waals surface area contributed by atoms with Gasteiger partial charge in [0, 0.05) is 7.05 Å². The molecule has 0 aliphatic carbocycles. The van der Waals surface area contributed by atoms with E-state index in [2.05, 4.69) is 16.5 Å². The lowest BCUT2D eigenvalue weighted by molar-refractivity contribution is -0.123. The van der Waals surface area contributed by atoms with Crippen molar-refractivity contribution < 1.29 is 9.53 Å². The Balaban J connectivity index is 1.53. The van der Waals surface area contributed by atoms with Gasteiger partial charge in [0.1, 0.15) is 5.75 Å². The highest BCUT2D eigenvalue weighted by Crippen LogP contribution is 2.24. The number of ether oxygens (including phenoxy) is 1. The molecule has 0 atom stereocenters. The number of carbonyl (C=O) groups is 1. The fourth-order valence-corrected chi connectivity index (χ4v) is 3.14. The topological polar surface area (TPSA) is 56.1 Å². The van der Waals surface area contributed by atoms with Gasteiger partial charge >= 0.3 is 0 Å². The second-order valence-corrected chi connectivity index (χ2v) is 6.40. The van der Waals surface area contributed by atoms with Crippen molar-refractivity contribution in [3.63, 3.8) is 0 Å². The maximum Gasteiger partial charge on any atom is 0.258 e. The van der Waals surface area contributed by atoms with Crippen molar-refractivity contribution in [2.24, 2.45) is 7.05 Å². The Morgan fingerprint density at radius 2 is 2.12 bits per heavy atom. The minimum Gasteiger partial charge on any atom is -0.484 e. The van der Waals surface area contributed by atoms with Gasteiger partial charge in [0.15, 0.2) is 6.61 Å². The van der Waals surface area contributed by atoms with E-state index in [1.165, 1.54) is 0 Å². The molecule has 1 aromatic carbocycles. The number of hydrogen-bond acceptors (Lipinski definition) is 4. The number of aromatic nitrogens is 2. The number of nitrogens with zero attached hydrogens (tertiary/aromatic N) is 2. The van der Waals surface area contributed by atoms with Crippen LogP contribution in [-0.2, 0) is 18.4 Å². The van der Waals surface area contributed by atoms with Crippen LogP contribution in [0.4, 0.5) is 0 Å². The summed E-state index contributed by atoms with van der Waals surface area (Å²) in [4.78, 5) is 13.1. The van der Waals surface area contributed by atoms with Gasteiger partial charge in [-0.25, -0.2) is 0 Å². The highest BCUT2D eigenvalue weighted by atomic mass is 32.1. The summed E-state index contributed by atoms with van der Waals surface area (Å²) in [5.74, 6) is 0.562. The number of thiophene rings is 1. The first-order valence-electron chi connectivity index (χ1n) is 7.65. The molecule has 2 heterocycles. The smallest absolute Gasteiger partial charge is 0.258 e. The number of amides is 1. The van der Waals surface area contributed by atoms with Crippen LogP contribution in [0.25, 0.3) is 10.6 Å². The third-order valence-corrected chi connectivity index (χ3v) is 4.52. The largest absolute Gasteiger partial charge is 0.484 e. The minimum atomic E-state index is -0.165. The average molecular weight is 341 g/mol. The second-order valence-electron chi connectivity index (χ2n) is 5.45. The van der Waals surface area contributed by atoms with Crippen molar-refractivity contribution in [2.45, 2.75) is 13.5 Å². The predicted octanol–water partition coefficient (Wildman–Crippen LogP) is 3.15. The summed E-state index contributed by atoms with van der Waals surface area (Å²) >= 11 is 1.67. The number of nitrogens with one attached hydrogen (secondary N) is 1. The Kier molecular flexibility index (Phi) is 4.96. The Morgan fingerprint density at radius 3 is 2.88 bits per heavy atom. The summed E-state index contributed by atoms with van der Waals surface area (Å²) in [6, 6.07) is 13.7. The van der Waals surface area contributed by atoms with E-state index in [4.69, 9.17) is 4.74 Å². The van der Waals surface area contributed by atoms with Gasteiger partial charge in [0.25, 0.3) is 5.91 Å². The highest BCUT2D eigenvalue weighted by molar-refractivity contribution is 7.13. The van der Waals surface area contributed by atoms with Gasteiger partial charge < -0.3 is 10.1 Å². The lowest BCUT2D eigenvalue weighted by Crippen LogP contribution is -2.28. The molecule has 1 N–H and O–H groups in total. The van der Waals surface area contributed by atoms with E-state index in [1.807, 2.05) is 60.4 Å². The quantitative estimate of drug-likeness (QED) is 0.749. The molecule has 0 spiro atoms. The molecule has 0 fully saturated rings.